The van der Waals surface area contributed by atoms with Crippen LogP contribution in [-0.4, -0.2) is 59.0 Å². The highest BCUT2D eigenvalue weighted by molar-refractivity contribution is 6.27. The number of carbonyl (C=O) groups is 4. The van der Waals surface area contributed by atoms with Crippen LogP contribution in [-0.2, 0) is 9.59 Å². The van der Waals surface area contributed by atoms with Crippen molar-refractivity contribution in [2.75, 3.05) is 14.1 Å². The summed E-state index contributed by atoms with van der Waals surface area (Å²) in [5.41, 5.74) is 0.176. The molecule has 1 aromatic rings. The molecule has 0 saturated carbocycles. The van der Waals surface area contributed by atoms with Crippen molar-refractivity contribution in [2.45, 2.75) is 18.9 Å². The highest BCUT2D eigenvalue weighted by Crippen LogP contribution is 2.28. The zero-order valence-electron chi connectivity index (χ0n) is 13.5. The molecule has 1 fully saturated rings. The molecule has 3 rings (SSSR count). The van der Waals surface area contributed by atoms with Gasteiger partial charge in [-0.3, -0.25) is 19.4 Å². The van der Waals surface area contributed by atoms with Crippen molar-refractivity contribution in [3.63, 3.8) is 0 Å². The fourth-order valence-electron chi connectivity index (χ4n) is 2.90. The first kappa shape index (κ1) is 15.9. The summed E-state index contributed by atoms with van der Waals surface area (Å²) in [6, 6.07) is 5.74. The monoisotopic (exact) mass is 328 g/mol. The fraction of sp³-hybridized carbons (Fsp3) is 0.312. The number of imide groups is 2. The van der Waals surface area contributed by atoms with Crippen LogP contribution in [0.1, 0.15) is 17.5 Å². The zero-order chi connectivity index (χ0) is 17.6. The van der Waals surface area contributed by atoms with Crippen molar-refractivity contribution in [2.24, 2.45) is 4.99 Å². The first-order chi connectivity index (χ1) is 11.3. The third-order valence-corrected chi connectivity index (χ3v) is 4.29. The minimum Gasteiger partial charge on any atom is -0.313 e. The Bertz CT molecular complexity index is 773. The van der Waals surface area contributed by atoms with Crippen LogP contribution in [0, 0.1) is 6.92 Å². The van der Waals surface area contributed by atoms with Crippen molar-refractivity contribution in [1.82, 2.24) is 15.1 Å². The number of hydrogen-bond acceptors (Lipinski definition) is 4. The lowest BCUT2D eigenvalue weighted by molar-refractivity contribution is -0.150. The molecule has 0 atom stereocenters. The maximum atomic E-state index is 12.6. The number of likely N-dealkylation sites (N-methyl/N-ethyl adjacent to an activating group) is 2. The normalized spacial score (nSPS) is 20.4. The number of urea groups is 2. The van der Waals surface area contributed by atoms with Crippen LogP contribution in [0.3, 0.4) is 0 Å². The van der Waals surface area contributed by atoms with Crippen LogP contribution in [0.4, 0.5) is 9.59 Å². The Kier molecular flexibility index (Phi) is 3.47. The van der Waals surface area contributed by atoms with Crippen LogP contribution in [0.15, 0.2) is 29.3 Å². The van der Waals surface area contributed by atoms with Gasteiger partial charge in [-0.25, -0.2) is 9.59 Å². The van der Waals surface area contributed by atoms with Crippen molar-refractivity contribution in [3.8, 4) is 0 Å². The summed E-state index contributed by atoms with van der Waals surface area (Å²) in [7, 11) is 2.55. The van der Waals surface area contributed by atoms with E-state index in [-0.39, 0.29) is 6.42 Å². The van der Waals surface area contributed by atoms with E-state index in [9.17, 15) is 19.2 Å². The Morgan fingerprint density at radius 1 is 1.00 bits per heavy atom. The Balaban J connectivity index is 2.06. The molecule has 124 valence electrons. The second-order valence-electron chi connectivity index (χ2n) is 5.95. The van der Waals surface area contributed by atoms with E-state index < -0.39 is 29.4 Å². The molecule has 6 amide bonds. The molecule has 0 aromatic heterocycles. The minimum atomic E-state index is -1.84. The summed E-state index contributed by atoms with van der Waals surface area (Å²) in [5, 5.41) is 2.36. The zero-order valence-corrected chi connectivity index (χ0v) is 13.5. The molecule has 0 radical (unpaired) electrons. The van der Waals surface area contributed by atoms with E-state index >= 15 is 0 Å². The third kappa shape index (κ3) is 2.18. The van der Waals surface area contributed by atoms with E-state index in [0.29, 0.717) is 11.3 Å². The van der Waals surface area contributed by atoms with E-state index in [1.807, 2.05) is 19.1 Å². The highest BCUT2D eigenvalue weighted by Gasteiger charge is 2.58. The SMILES string of the molecule is Cc1ccc(C2=NC(=O)NC3(C2)C(=O)N(C)C(=O)N(C)C3=O)cc1. The molecule has 0 aliphatic carbocycles. The van der Waals surface area contributed by atoms with E-state index in [0.717, 1.165) is 15.4 Å². The Morgan fingerprint density at radius 2 is 1.54 bits per heavy atom. The number of hydrogen-bond donors (Lipinski definition) is 1. The van der Waals surface area contributed by atoms with Gasteiger partial charge in [0.1, 0.15) is 0 Å². The molecule has 2 aliphatic heterocycles. The van der Waals surface area contributed by atoms with Crippen molar-refractivity contribution in [1.29, 1.82) is 0 Å². The molecule has 8 heteroatoms. The van der Waals surface area contributed by atoms with Crippen LogP contribution >= 0.6 is 0 Å². The summed E-state index contributed by atoms with van der Waals surface area (Å²) >= 11 is 0. The van der Waals surface area contributed by atoms with E-state index in [1.54, 1.807) is 12.1 Å². The molecule has 8 nitrogen and oxygen atoms in total. The van der Waals surface area contributed by atoms with Crippen molar-refractivity contribution in [3.05, 3.63) is 35.4 Å². The number of benzene rings is 1. The van der Waals surface area contributed by atoms with Gasteiger partial charge in [0.05, 0.1) is 5.71 Å². The number of amides is 6. The summed E-state index contributed by atoms with van der Waals surface area (Å²) in [5.74, 6) is -1.52. The Hall–Kier alpha value is -3.03. The number of barbiturate groups is 1. The Labute approximate surface area is 138 Å². The van der Waals surface area contributed by atoms with Crippen LogP contribution in [0.5, 0.6) is 0 Å². The highest BCUT2D eigenvalue weighted by atomic mass is 16.2. The van der Waals surface area contributed by atoms with Gasteiger partial charge in [0.15, 0.2) is 0 Å². The molecule has 1 saturated heterocycles. The van der Waals surface area contributed by atoms with Crippen molar-refractivity contribution >= 4 is 29.6 Å². The number of nitrogens with zero attached hydrogens (tertiary/aromatic N) is 3. The van der Waals surface area contributed by atoms with Gasteiger partial charge in [0.2, 0.25) is 5.54 Å². The quantitative estimate of drug-likeness (QED) is 0.767. The number of aliphatic imine (C=N–C) groups is 1. The summed E-state index contributed by atoms with van der Waals surface area (Å²) in [6.45, 7) is 1.92. The number of nitrogens with one attached hydrogen (secondary N) is 1. The standard InChI is InChI=1S/C16H16N4O4/c1-9-4-6-10(7-5-9)11-8-16(18-14(23)17-11)12(21)19(2)15(24)20(3)13(16)22/h4-7H,8H2,1-3H3,(H,18,23). The van der Waals surface area contributed by atoms with Crippen molar-refractivity contribution < 1.29 is 19.2 Å². The van der Waals surface area contributed by atoms with E-state index in [4.69, 9.17) is 0 Å². The van der Waals surface area contributed by atoms with Crippen LogP contribution in [0.2, 0.25) is 0 Å². The average molecular weight is 328 g/mol. The maximum Gasteiger partial charge on any atom is 0.342 e. The van der Waals surface area contributed by atoms with Crippen LogP contribution in [0.25, 0.3) is 0 Å². The van der Waals surface area contributed by atoms with E-state index in [2.05, 4.69) is 10.3 Å². The van der Waals surface area contributed by atoms with Crippen LogP contribution < -0.4 is 5.32 Å². The van der Waals surface area contributed by atoms with Gasteiger partial charge >= 0.3 is 12.1 Å². The number of carbonyl (C=O) groups excluding carboxylic acids is 4. The van der Waals surface area contributed by atoms with Gasteiger partial charge in [-0.05, 0) is 12.5 Å². The number of aryl methyl sites for hydroxylation is 1. The van der Waals surface area contributed by atoms with Gasteiger partial charge in [0, 0.05) is 20.5 Å². The predicted molar refractivity (Wildman–Crippen MR) is 84.5 cm³/mol. The first-order valence-corrected chi connectivity index (χ1v) is 7.33. The third-order valence-electron chi connectivity index (χ3n) is 4.29. The topological polar surface area (TPSA) is 99.2 Å². The van der Waals surface area contributed by atoms with E-state index in [1.165, 1.54) is 14.1 Å². The minimum absolute atomic E-state index is 0.110. The molecule has 1 aromatic carbocycles. The lowest BCUT2D eigenvalue weighted by atomic mass is 9.84. The second kappa shape index (κ2) is 5.26. The molecule has 24 heavy (non-hydrogen) atoms. The molecular weight excluding hydrogens is 312 g/mol. The summed E-state index contributed by atoms with van der Waals surface area (Å²) in [4.78, 5) is 54.8. The largest absolute Gasteiger partial charge is 0.342 e. The smallest absolute Gasteiger partial charge is 0.313 e. The van der Waals surface area contributed by atoms with Gasteiger partial charge < -0.3 is 5.32 Å². The van der Waals surface area contributed by atoms with Gasteiger partial charge in [-0.15, -0.1) is 0 Å². The number of rotatable bonds is 1. The summed E-state index contributed by atoms with van der Waals surface area (Å²) in [6.07, 6.45) is -0.110. The molecule has 0 unspecified atom stereocenters. The maximum absolute atomic E-state index is 12.6. The molecule has 2 aliphatic rings. The molecule has 2 heterocycles. The van der Waals surface area contributed by atoms with Gasteiger partial charge in [-0.1, -0.05) is 29.8 Å². The first-order valence-electron chi connectivity index (χ1n) is 7.33. The molecular formula is C16H16N4O4. The molecule has 1 N–H and O–H groups in total. The Morgan fingerprint density at radius 3 is 2.08 bits per heavy atom. The predicted octanol–water partition coefficient (Wildman–Crippen LogP) is 0.687. The van der Waals surface area contributed by atoms with Gasteiger partial charge in [-0.2, -0.15) is 4.99 Å². The lowest BCUT2D eigenvalue weighted by Gasteiger charge is -2.42. The molecule has 0 bridgehead atoms. The fourth-order valence-corrected chi connectivity index (χ4v) is 2.90. The lowest BCUT2D eigenvalue weighted by Crippen LogP contribution is -2.74. The van der Waals surface area contributed by atoms with Gasteiger partial charge in [0.25, 0.3) is 11.8 Å². The summed E-state index contributed by atoms with van der Waals surface area (Å²) < 4.78 is 0. The second-order valence-corrected chi connectivity index (χ2v) is 5.95. The molecule has 1 spiro atoms. The average Bonchev–Trinajstić information content (AvgIpc) is 2.57.